The highest BCUT2D eigenvalue weighted by Crippen LogP contribution is 2.37. The lowest BCUT2D eigenvalue weighted by Crippen LogP contribution is -2.20. The third kappa shape index (κ3) is 6.58. The predicted octanol–water partition coefficient (Wildman–Crippen LogP) is 4.13. The first-order valence-electron chi connectivity index (χ1n) is 7.75. The van der Waals surface area contributed by atoms with Gasteiger partial charge in [0, 0.05) is 0 Å². The zero-order valence-electron chi connectivity index (χ0n) is 15.0. The Bertz CT molecular complexity index is 970. The summed E-state index contributed by atoms with van der Waals surface area (Å²) in [6, 6.07) is 4.72. The number of benzene rings is 2. The van der Waals surface area contributed by atoms with Crippen LogP contribution in [0.25, 0.3) is 0 Å². The second-order valence-electron chi connectivity index (χ2n) is 5.36. The monoisotopic (exact) mass is 456 g/mol. The van der Waals surface area contributed by atoms with Crippen molar-refractivity contribution in [2.24, 2.45) is 0 Å². The molecule has 0 unspecified atom stereocenters. The number of ether oxygens (including phenoxy) is 3. The Kier molecular flexibility index (Phi) is 6.72. The van der Waals surface area contributed by atoms with Gasteiger partial charge >= 0.3 is 24.7 Å². The highest BCUT2D eigenvalue weighted by molar-refractivity contribution is 5.93. The van der Waals surface area contributed by atoms with Crippen LogP contribution >= 0.6 is 0 Å². The second kappa shape index (κ2) is 8.89. The molecule has 0 aliphatic rings. The second-order valence-corrected chi connectivity index (χ2v) is 5.36. The van der Waals surface area contributed by atoms with E-state index in [0.717, 1.165) is 31.4 Å². The number of rotatable bonds is 6. The van der Waals surface area contributed by atoms with Crippen molar-refractivity contribution in [1.29, 1.82) is 0 Å². The molecule has 1 N–H and O–H groups in total. The maximum atomic E-state index is 12.7. The fraction of sp³-hybridized carbons (Fsp3) is 0.176. The number of esters is 1. The van der Waals surface area contributed by atoms with Crippen molar-refractivity contribution in [3.63, 3.8) is 0 Å². The number of hydrogen-bond donors (Lipinski definition) is 1. The predicted molar refractivity (Wildman–Crippen MR) is 85.3 cm³/mol. The summed E-state index contributed by atoms with van der Waals surface area (Å²) in [7, 11) is 0.895. The normalized spacial score (nSPS) is 11.5. The molecule has 2 aromatic carbocycles. The van der Waals surface area contributed by atoms with E-state index in [-0.39, 0.29) is 0 Å². The van der Waals surface area contributed by atoms with E-state index < -0.39 is 58.8 Å². The van der Waals surface area contributed by atoms with Crippen LogP contribution in [0.15, 0.2) is 36.4 Å². The first kappa shape index (κ1) is 23.4. The number of phenolic OH excluding ortho intramolecular Hbond substituents is 1. The maximum Gasteiger partial charge on any atom is 0.573 e. The molecule has 0 radical (unpaired) electrons. The summed E-state index contributed by atoms with van der Waals surface area (Å²) in [6.07, 6.45) is -10.4. The summed E-state index contributed by atoms with van der Waals surface area (Å²) in [5, 5.41) is 9.52. The highest BCUT2D eigenvalue weighted by Gasteiger charge is 2.36. The molecule has 0 spiro atoms. The van der Waals surface area contributed by atoms with Crippen LogP contribution in [0.4, 0.5) is 26.3 Å². The Hall–Kier alpha value is -3.84. The van der Waals surface area contributed by atoms with Crippen LogP contribution in [0.5, 0.6) is 23.0 Å². The van der Waals surface area contributed by atoms with Gasteiger partial charge in [0.25, 0.3) is 0 Å². The summed E-state index contributed by atoms with van der Waals surface area (Å²) >= 11 is 0. The van der Waals surface area contributed by atoms with E-state index in [1.165, 1.54) is 0 Å². The van der Waals surface area contributed by atoms with Crippen molar-refractivity contribution >= 4 is 11.9 Å². The van der Waals surface area contributed by atoms with Crippen molar-refractivity contribution in [3.05, 3.63) is 47.5 Å². The summed E-state index contributed by atoms with van der Waals surface area (Å²) in [5.74, 6) is -6.77. The molecular weight excluding hydrogens is 446 g/mol. The molecule has 8 nitrogen and oxygen atoms in total. The van der Waals surface area contributed by atoms with Gasteiger partial charge in [-0.25, -0.2) is 14.5 Å². The molecule has 168 valence electrons. The Morgan fingerprint density at radius 1 is 0.871 bits per heavy atom. The van der Waals surface area contributed by atoms with Gasteiger partial charge in [-0.05, 0) is 30.3 Å². The van der Waals surface area contributed by atoms with Crippen LogP contribution < -0.4 is 14.4 Å². The van der Waals surface area contributed by atoms with Gasteiger partial charge in [0.1, 0.15) is 5.56 Å². The lowest BCUT2D eigenvalue weighted by Gasteiger charge is -2.15. The molecule has 2 aromatic rings. The highest BCUT2D eigenvalue weighted by atomic mass is 19.4. The van der Waals surface area contributed by atoms with Gasteiger partial charge in [-0.15, -0.1) is 26.3 Å². The van der Waals surface area contributed by atoms with E-state index in [4.69, 9.17) is 0 Å². The molecule has 0 saturated heterocycles. The summed E-state index contributed by atoms with van der Waals surface area (Å²) in [5.41, 5.74) is -1.26. The quantitative estimate of drug-likeness (QED) is 0.300. The minimum absolute atomic E-state index is 0.533. The minimum atomic E-state index is -5.26. The van der Waals surface area contributed by atoms with Gasteiger partial charge in [-0.2, -0.15) is 0 Å². The van der Waals surface area contributed by atoms with Gasteiger partial charge < -0.3 is 19.3 Å². The topological polar surface area (TPSA) is 101 Å². The van der Waals surface area contributed by atoms with Crippen molar-refractivity contribution in [3.8, 4) is 23.0 Å². The summed E-state index contributed by atoms with van der Waals surface area (Å²) in [6.45, 7) is 0. The Morgan fingerprint density at radius 2 is 1.52 bits per heavy atom. The zero-order chi connectivity index (χ0) is 23.4. The van der Waals surface area contributed by atoms with E-state index in [1.54, 1.807) is 0 Å². The summed E-state index contributed by atoms with van der Waals surface area (Å²) < 4.78 is 86.2. The summed E-state index contributed by atoms with van der Waals surface area (Å²) in [4.78, 5) is 32.4. The average molecular weight is 456 g/mol. The van der Waals surface area contributed by atoms with Crippen LogP contribution in [0.1, 0.15) is 20.7 Å². The maximum absolute atomic E-state index is 12.7. The molecule has 2 rings (SSSR count). The van der Waals surface area contributed by atoms with Crippen molar-refractivity contribution in [2.45, 2.75) is 12.7 Å². The average Bonchev–Trinajstić information content (AvgIpc) is 2.65. The smallest absolute Gasteiger partial charge is 0.504 e. The molecule has 31 heavy (non-hydrogen) atoms. The number of carbonyl (C=O) groups is 2. The van der Waals surface area contributed by atoms with Crippen LogP contribution in [-0.2, 0) is 9.62 Å². The number of hydrogen-bond acceptors (Lipinski definition) is 8. The number of para-hydroxylation sites is 1. The third-order valence-corrected chi connectivity index (χ3v) is 3.23. The van der Waals surface area contributed by atoms with E-state index in [9.17, 15) is 41.0 Å². The number of halogens is 6. The van der Waals surface area contributed by atoms with Crippen LogP contribution in [-0.4, -0.2) is 36.9 Å². The molecule has 0 fully saturated rings. The molecule has 0 heterocycles. The van der Waals surface area contributed by atoms with E-state index in [2.05, 4.69) is 24.0 Å². The van der Waals surface area contributed by atoms with E-state index >= 15 is 0 Å². The molecule has 0 amide bonds. The number of alkyl halides is 6. The van der Waals surface area contributed by atoms with E-state index in [0.29, 0.717) is 12.1 Å². The molecule has 0 aromatic heterocycles. The number of carbonyl (C=O) groups excluding carboxylic acids is 2. The Morgan fingerprint density at radius 3 is 2.06 bits per heavy atom. The fourth-order valence-corrected chi connectivity index (χ4v) is 2.06. The van der Waals surface area contributed by atoms with E-state index in [1.807, 2.05) is 0 Å². The zero-order valence-corrected chi connectivity index (χ0v) is 15.0. The molecule has 0 aliphatic heterocycles. The first-order chi connectivity index (χ1) is 14.3. The third-order valence-electron chi connectivity index (χ3n) is 3.23. The van der Waals surface area contributed by atoms with Crippen LogP contribution in [0, 0.1) is 0 Å². The van der Waals surface area contributed by atoms with Gasteiger partial charge in [-0.1, -0.05) is 6.07 Å². The van der Waals surface area contributed by atoms with Crippen LogP contribution in [0.2, 0.25) is 0 Å². The van der Waals surface area contributed by atoms with Gasteiger partial charge in [-0.3, -0.25) is 4.89 Å². The number of methoxy groups -OCH3 is 1. The van der Waals surface area contributed by atoms with Crippen LogP contribution in [0.3, 0.4) is 0 Å². The fourth-order valence-electron chi connectivity index (χ4n) is 2.06. The number of aromatic hydroxyl groups is 1. The molecule has 0 saturated carbocycles. The molecular formula is C17H10F6O8. The molecule has 0 atom stereocenters. The van der Waals surface area contributed by atoms with Crippen molar-refractivity contribution in [1.82, 2.24) is 0 Å². The van der Waals surface area contributed by atoms with Gasteiger partial charge in [0.05, 0.1) is 12.7 Å². The Labute approximate surface area is 168 Å². The van der Waals surface area contributed by atoms with Crippen molar-refractivity contribution in [2.75, 3.05) is 7.11 Å². The first-order valence-corrected chi connectivity index (χ1v) is 7.75. The SMILES string of the molecule is COC(=O)c1cccc(OOC(=O)c2ccc(OC(F)(F)F)c(O)c2)c1OC(F)(F)F. The lowest BCUT2D eigenvalue weighted by atomic mass is 10.2. The minimum Gasteiger partial charge on any atom is -0.504 e. The molecule has 14 heteroatoms. The standard InChI is InChI=1S/C17H10F6O8/c1-27-15(26)9-3-2-4-12(13(9)29-17(21,22)23)30-31-14(25)8-5-6-11(10(24)7-8)28-16(18,19)20/h2-7,24H,1H3. The Balaban J connectivity index is 2.23. The molecule has 0 bridgehead atoms. The lowest BCUT2D eigenvalue weighted by molar-refractivity contribution is -0.277. The largest absolute Gasteiger partial charge is 0.573 e. The van der Waals surface area contributed by atoms with Gasteiger partial charge in [0.15, 0.2) is 17.2 Å². The van der Waals surface area contributed by atoms with Gasteiger partial charge in [0.2, 0.25) is 5.75 Å². The number of phenols is 1. The molecule has 0 aliphatic carbocycles. The van der Waals surface area contributed by atoms with Crippen molar-refractivity contribution < 1.29 is 65.0 Å².